The van der Waals surface area contributed by atoms with Crippen LogP contribution in [0.2, 0.25) is 0 Å². The number of nitrogen functional groups attached to an aromatic ring is 1. The maximum absolute atomic E-state index is 13.3. The van der Waals surface area contributed by atoms with E-state index in [-0.39, 0.29) is 5.89 Å². The van der Waals surface area contributed by atoms with Crippen molar-refractivity contribution in [2.24, 2.45) is 0 Å². The Kier molecular flexibility index (Phi) is 3.19. The van der Waals surface area contributed by atoms with Gasteiger partial charge in [-0.15, -0.1) is 0 Å². The molecule has 3 aromatic rings. The number of benzene rings is 1. The Labute approximate surface area is 121 Å². The van der Waals surface area contributed by atoms with Crippen LogP contribution in [0, 0.1) is 5.82 Å². The second-order valence-electron chi connectivity index (χ2n) is 4.05. The lowest BCUT2D eigenvalue weighted by atomic mass is 10.2. The van der Waals surface area contributed by atoms with Crippen LogP contribution in [0.5, 0.6) is 0 Å². The monoisotopic (exact) mass is 334 g/mol. The Morgan fingerprint density at radius 1 is 1.20 bits per heavy atom. The van der Waals surface area contributed by atoms with Crippen molar-refractivity contribution in [1.82, 2.24) is 15.1 Å². The second kappa shape index (κ2) is 5.01. The molecule has 100 valence electrons. The summed E-state index contributed by atoms with van der Waals surface area (Å²) in [6, 6.07) is 5.78. The van der Waals surface area contributed by atoms with Crippen LogP contribution >= 0.6 is 15.9 Å². The van der Waals surface area contributed by atoms with Gasteiger partial charge in [-0.1, -0.05) is 5.16 Å². The first-order valence-corrected chi connectivity index (χ1v) is 6.43. The summed E-state index contributed by atoms with van der Waals surface area (Å²) in [6.07, 6.45) is 3.25. The summed E-state index contributed by atoms with van der Waals surface area (Å²) in [4.78, 5) is 8.23. The number of halogens is 2. The van der Waals surface area contributed by atoms with Gasteiger partial charge in [0.25, 0.3) is 5.89 Å². The van der Waals surface area contributed by atoms with Gasteiger partial charge in [0.05, 0.1) is 5.56 Å². The van der Waals surface area contributed by atoms with Crippen molar-refractivity contribution in [3.05, 3.63) is 46.9 Å². The number of pyridine rings is 1. The highest BCUT2D eigenvalue weighted by atomic mass is 79.9. The van der Waals surface area contributed by atoms with Gasteiger partial charge in [0.15, 0.2) is 0 Å². The Bertz CT molecular complexity index is 775. The van der Waals surface area contributed by atoms with E-state index in [2.05, 4.69) is 31.1 Å². The minimum atomic E-state index is -0.418. The van der Waals surface area contributed by atoms with E-state index < -0.39 is 5.82 Å². The van der Waals surface area contributed by atoms with Crippen LogP contribution in [0.25, 0.3) is 22.8 Å². The third-order valence-corrected chi connectivity index (χ3v) is 3.07. The van der Waals surface area contributed by atoms with Gasteiger partial charge in [0, 0.05) is 28.1 Å². The highest BCUT2D eigenvalue weighted by Crippen LogP contribution is 2.27. The molecule has 0 aliphatic carbocycles. The summed E-state index contributed by atoms with van der Waals surface area (Å²) in [5.41, 5.74) is 7.20. The molecule has 2 N–H and O–H groups in total. The summed E-state index contributed by atoms with van der Waals surface area (Å²) >= 11 is 3.31. The Morgan fingerprint density at radius 2 is 2.05 bits per heavy atom. The van der Waals surface area contributed by atoms with E-state index in [0.717, 1.165) is 4.47 Å². The lowest BCUT2D eigenvalue weighted by Crippen LogP contribution is -1.91. The number of aromatic nitrogens is 3. The number of nitrogens with two attached hydrogens (primary N) is 1. The van der Waals surface area contributed by atoms with E-state index in [1.807, 2.05) is 0 Å². The topological polar surface area (TPSA) is 77.8 Å². The third-order valence-electron chi connectivity index (χ3n) is 2.63. The zero-order valence-corrected chi connectivity index (χ0v) is 11.6. The first-order chi connectivity index (χ1) is 9.63. The summed E-state index contributed by atoms with van der Waals surface area (Å²) in [5, 5.41) is 3.85. The Morgan fingerprint density at radius 3 is 2.85 bits per heavy atom. The van der Waals surface area contributed by atoms with Crippen molar-refractivity contribution in [3.63, 3.8) is 0 Å². The SMILES string of the molecule is Nc1ccc(F)cc1-c1nc(-c2cncc(Br)c2)no1. The molecule has 7 heteroatoms. The van der Waals surface area contributed by atoms with Gasteiger partial charge in [-0.3, -0.25) is 4.98 Å². The molecule has 1 aromatic carbocycles. The maximum Gasteiger partial charge on any atom is 0.260 e. The average Bonchev–Trinajstić information content (AvgIpc) is 2.91. The van der Waals surface area contributed by atoms with Crippen molar-refractivity contribution in [1.29, 1.82) is 0 Å². The lowest BCUT2D eigenvalue weighted by Gasteiger charge is -1.99. The van der Waals surface area contributed by atoms with Gasteiger partial charge in [-0.25, -0.2) is 4.39 Å². The largest absolute Gasteiger partial charge is 0.398 e. The number of nitrogens with zero attached hydrogens (tertiary/aromatic N) is 3. The fraction of sp³-hybridized carbons (Fsp3) is 0. The normalized spacial score (nSPS) is 10.7. The minimum absolute atomic E-state index is 0.164. The summed E-state index contributed by atoms with van der Waals surface area (Å²) in [7, 11) is 0. The predicted octanol–water partition coefficient (Wildman–Crippen LogP) is 3.28. The second-order valence-corrected chi connectivity index (χ2v) is 4.96. The van der Waals surface area contributed by atoms with E-state index in [1.165, 1.54) is 18.2 Å². The molecular formula is C13H8BrFN4O. The molecule has 0 aliphatic heterocycles. The molecule has 2 heterocycles. The molecule has 0 unspecified atom stereocenters. The lowest BCUT2D eigenvalue weighted by molar-refractivity contribution is 0.432. The van der Waals surface area contributed by atoms with Crippen LogP contribution in [0.15, 0.2) is 45.7 Å². The van der Waals surface area contributed by atoms with Gasteiger partial charge in [0.2, 0.25) is 5.82 Å². The smallest absolute Gasteiger partial charge is 0.260 e. The van der Waals surface area contributed by atoms with Gasteiger partial charge < -0.3 is 10.3 Å². The number of anilines is 1. The molecule has 0 spiro atoms. The van der Waals surface area contributed by atoms with Gasteiger partial charge in [-0.2, -0.15) is 4.98 Å². The van der Waals surface area contributed by atoms with Crippen LogP contribution < -0.4 is 5.73 Å². The van der Waals surface area contributed by atoms with E-state index in [9.17, 15) is 4.39 Å². The average molecular weight is 335 g/mol. The van der Waals surface area contributed by atoms with Crippen LogP contribution in [0.3, 0.4) is 0 Å². The van der Waals surface area contributed by atoms with Gasteiger partial charge in [-0.05, 0) is 40.2 Å². The molecule has 0 aliphatic rings. The molecule has 5 nitrogen and oxygen atoms in total. The van der Waals surface area contributed by atoms with Crippen molar-refractivity contribution in [3.8, 4) is 22.8 Å². The summed E-state index contributed by atoms with van der Waals surface area (Å²) in [5.74, 6) is 0.104. The van der Waals surface area contributed by atoms with Gasteiger partial charge in [0.1, 0.15) is 5.82 Å². The molecule has 3 rings (SSSR count). The highest BCUT2D eigenvalue weighted by Gasteiger charge is 2.14. The number of hydrogen-bond donors (Lipinski definition) is 1. The van der Waals surface area contributed by atoms with E-state index in [1.54, 1.807) is 18.5 Å². The fourth-order valence-electron chi connectivity index (χ4n) is 1.70. The molecule has 0 fully saturated rings. The van der Waals surface area contributed by atoms with Crippen LogP contribution in [0.1, 0.15) is 0 Å². The van der Waals surface area contributed by atoms with Crippen molar-refractivity contribution >= 4 is 21.6 Å². The zero-order chi connectivity index (χ0) is 14.1. The van der Waals surface area contributed by atoms with Crippen molar-refractivity contribution < 1.29 is 8.91 Å². The van der Waals surface area contributed by atoms with Crippen LogP contribution in [-0.2, 0) is 0 Å². The molecule has 0 atom stereocenters. The molecular weight excluding hydrogens is 327 g/mol. The Hall–Kier alpha value is -2.28. The quantitative estimate of drug-likeness (QED) is 0.727. The molecule has 20 heavy (non-hydrogen) atoms. The number of rotatable bonds is 2. The zero-order valence-electron chi connectivity index (χ0n) is 10.0. The van der Waals surface area contributed by atoms with Crippen LogP contribution in [-0.4, -0.2) is 15.1 Å². The maximum atomic E-state index is 13.3. The predicted molar refractivity (Wildman–Crippen MR) is 75.0 cm³/mol. The molecule has 0 saturated heterocycles. The summed E-state index contributed by atoms with van der Waals surface area (Å²) < 4.78 is 19.2. The first kappa shape index (κ1) is 12.7. The van der Waals surface area contributed by atoms with Crippen molar-refractivity contribution in [2.45, 2.75) is 0 Å². The van der Waals surface area contributed by atoms with Crippen molar-refractivity contribution in [2.75, 3.05) is 5.73 Å². The Balaban J connectivity index is 2.04. The standard InChI is InChI=1S/C13H8BrFN4O/c14-8-3-7(5-17-6-8)12-18-13(20-19-12)10-4-9(15)1-2-11(10)16/h1-6H,16H2. The van der Waals surface area contributed by atoms with E-state index in [0.29, 0.717) is 22.6 Å². The molecule has 2 aromatic heterocycles. The molecule has 0 saturated carbocycles. The molecule has 0 amide bonds. The van der Waals surface area contributed by atoms with E-state index in [4.69, 9.17) is 10.3 Å². The first-order valence-electron chi connectivity index (χ1n) is 5.63. The van der Waals surface area contributed by atoms with Gasteiger partial charge >= 0.3 is 0 Å². The summed E-state index contributed by atoms with van der Waals surface area (Å²) in [6.45, 7) is 0. The molecule has 0 bridgehead atoms. The highest BCUT2D eigenvalue weighted by molar-refractivity contribution is 9.10. The fourth-order valence-corrected chi connectivity index (χ4v) is 2.06. The van der Waals surface area contributed by atoms with Crippen LogP contribution in [0.4, 0.5) is 10.1 Å². The van der Waals surface area contributed by atoms with E-state index >= 15 is 0 Å². The minimum Gasteiger partial charge on any atom is -0.398 e. The third kappa shape index (κ3) is 2.39. The molecule has 0 radical (unpaired) electrons. The number of hydrogen-bond acceptors (Lipinski definition) is 5.